The first-order valence-electron chi connectivity index (χ1n) is 6.10. The van der Waals surface area contributed by atoms with E-state index in [1.54, 1.807) is 12.1 Å². The fraction of sp³-hybridized carbons (Fsp3) is 0. The topological polar surface area (TPSA) is 56.0 Å². The monoisotopic (exact) mass is 360 g/mol. The summed E-state index contributed by atoms with van der Waals surface area (Å²) in [6.45, 7) is 0. The molecular formula is C15H9BrN2O2S. The molecule has 0 radical (unpaired) electrons. The Hall–Kier alpha value is -2.05. The van der Waals surface area contributed by atoms with Gasteiger partial charge in [-0.2, -0.15) is 0 Å². The number of aromatic nitrogens is 1. The number of hydrogen-bond acceptors (Lipinski definition) is 4. The number of nitro benzene ring substituents is 1. The second kappa shape index (κ2) is 5.75. The standard InChI is InChI=1S/C15H9BrN2O2S/c16-12-6-4-10(5-7-12)14-9-21-15(17-14)11-2-1-3-13(8-11)18(19)20/h1-9H. The summed E-state index contributed by atoms with van der Waals surface area (Å²) in [6.07, 6.45) is 0. The molecule has 0 aliphatic heterocycles. The van der Waals surface area contributed by atoms with Crippen LogP contribution in [0.15, 0.2) is 58.4 Å². The van der Waals surface area contributed by atoms with Gasteiger partial charge < -0.3 is 0 Å². The highest BCUT2D eigenvalue weighted by Gasteiger charge is 2.10. The minimum absolute atomic E-state index is 0.0768. The number of halogens is 1. The van der Waals surface area contributed by atoms with Crippen LogP contribution in [0.3, 0.4) is 0 Å². The maximum atomic E-state index is 10.8. The molecule has 4 nitrogen and oxygen atoms in total. The van der Waals surface area contributed by atoms with Gasteiger partial charge in [0.25, 0.3) is 5.69 Å². The van der Waals surface area contributed by atoms with Crippen LogP contribution >= 0.6 is 27.3 Å². The molecule has 0 fully saturated rings. The second-order valence-electron chi connectivity index (χ2n) is 4.35. The molecule has 0 spiro atoms. The highest BCUT2D eigenvalue weighted by Crippen LogP contribution is 2.31. The van der Waals surface area contributed by atoms with E-state index < -0.39 is 4.92 Å². The van der Waals surface area contributed by atoms with Gasteiger partial charge in [0, 0.05) is 33.1 Å². The quantitative estimate of drug-likeness (QED) is 0.479. The molecule has 0 N–H and O–H groups in total. The highest BCUT2D eigenvalue weighted by molar-refractivity contribution is 9.10. The van der Waals surface area contributed by atoms with Crippen molar-refractivity contribution in [3.63, 3.8) is 0 Å². The molecule has 6 heteroatoms. The highest BCUT2D eigenvalue weighted by atomic mass is 79.9. The van der Waals surface area contributed by atoms with Gasteiger partial charge in [0.05, 0.1) is 10.6 Å². The van der Waals surface area contributed by atoms with Crippen LogP contribution in [0.5, 0.6) is 0 Å². The molecule has 104 valence electrons. The van der Waals surface area contributed by atoms with Crippen LogP contribution in [0, 0.1) is 10.1 Å². The molecule has 1 aromatic heterocycles. The first kappa shape index (κ1) is 13.9. The summed E-state index contributed by atoms with van der Waals surface area (Å²) in [5.74, 6) is 0. The Kier molecular flexibility index (Phi) is 3.81. The second-order valence-corrected chi connectivity index (χ2v) is 6.13. The third-order valence-electron chi connectivity index (χ3n) is 2.95. The number of hydrogen-bond donors (Lipinski definition) is 0. The Morgan fingerprint density at radius 1 is 1.10 bits per heavy atom. The van der Waals surface area contributed by atoms with E-state index in [-0.39, 0.29) is 5.69 Å². The van der Waals surface area contributed by atoms with Gasteiger partial charge in [-0.15, -0.1) is 11.3 Å². The SMILES string of the molecule is O=[N+]([O-])c1cccc(-c2nc(-c3ccc(Br)cc3)cs2)c1. The first-order chi connectivity index (χ1) is 10.1. The molecule has 1 heterocycles. The minimum atomic E-state index is -0.396. The molecule has 0 aliphatic rings. The van der Waals surface area contributed by atoms with E-state index in [0.29, 0.717) is 0 Å². The molecule has 21 heavy (non-hydrogen) atoms. The molecule has 0 saturated carbocycles. The van der Waals surface area contributed by atoms with Crippen molar-refractivity contribution in [2.45, 2.75) is 0 Å². The molecule has 0 saturated heterocycles. The summed E-state index contributed by atoms with van der Waals surface area (Å²) in [5, 5.41) is 13.6. The first-order valence-corrected chi connectivity index (χ1v) is 7.77. The van der Waals surface area contributed by atoms with E-state index in [9.17, 15) is 10.1 Å². The lowest BCUT2D eigenvalue weighted by Crippen LogP contribution is -1.87. The lowest BCUT2D eigenvalue weighted by molar-refractivity contribution is -0.384. The van der Waals surface area contributed by atoms with Crippen LogP contribution in [0.25, 0.3) is 21.8 Å². The number of non-ortho nitro benzene ring substituents is 1. The van der Waals surface area contributed by atoms with Gasteiger partial charge in [0.2, 0.25) is 0 Å². The lowest BCUT2D eigenvalue weighted by Gasteiger charge is -1.98. The van der Waals surface area contributed by atoms with Crippen LogP contribution in [-0.4, -0.2) is 9.91 Å². The van der Waals surface area contributed by atoms with Gasteiger partial charge in [-0.25, -0.2) is 4.98 Å². The molecular weight excluding hydrogens is 352 g/mol. The average molecular weight is 361 g/mol. The largest absolute Gasteiger partial charge is 0.270 e. The summed E-state index contributed by atoms with van der Waals surface area (Å²) >= 11 is 4.88. The number of benzene rings is 2. The molecule has 0 amide bonds. The van der Waals surface area contributed by atoms with Gasteiger partial charge in [-0.3, -0.25) is 10.1 Å². The minimum Gasteiger partial charge on any atom is -0.258 e. The molecule has 3 rings (SSSR count). The van der Waals surface area contributed by atoms with Crippen molar-refractivity contribution in [3.8, 4) is 21.8 Å². The number of rotatable bonds is 3. The fourth-order valence-corrected chi connectivity index (χ4v) is 3.00. The van der Waals surface area contributed by atoms with Crippen LogP contribution < -0.4 is 0 Å². The predicted molar refractivity (Wildman–Crippen MR) is 87.3 cm³/mol. The maximum absolute atomic E-state index is 10.8. The van der Waals surface area contributed by atoms with Gasteiger partial charge in [0.15, 0.2) is 0 Å². The van der Waals surface area contributed by atoms with E-state index in [0.717, 1.165) is 26.3 Å². The van der Waals surface area contributed by atoms with Crippen LogP contribution in [0.1, 0.15) is 0 Å². The van der Waals surface area contributed by atoms with Crippen molar-refractivity contribution in [3.05, 3.63) is 68.5 Å². The Bertz CT molecular complexity index is 799. The van der Waals surface area contributed by atoms with Gasteiger partial charge in [0.1, 0.15) is 5.01 Å². The Morgan fingerprint density at radius 3 is 2.57 bits per heavy atom. The Morgan fingerprint density at radius 2 is 1.86 bits per heavy atom. The van der Waals surface area contributed by atoms with Crippen molar-refractivity contribution < 1.29 is 4.92 Å². The molecule has 3 aromatic rings. The zero-order chi connectivity index (χ0) is 14.8. The third kappa shape index (κ3) is 3.01. The van der Waals surface area contributed by atoms with Crippen molar-refractivity contribution in [1.82, 2.24) is 4.98 Å². The maximum Gasteiger partial charge on any atom is 0.270 e. The Balaban J connectivity index is 1.96. The van der Waals surface area contributed by atoms with Crippen molar-refractivity contribution in [2.75, 3.05) is 0 Å². The van der Waals surface area contributed by atoms with Crippen LogP contribution in [0.2, 0.25) is 0 Å². The van der Waals surface area contributed by atoms with Gasteiger partial charge in [-0.05, 0) is 12.1 Å². The smallest absolute Gasteiger partial charge is 0.258 e. The van der Waals surface area contributed by atoms with E-state index in [1.165, 1.54) is 17.4 Å². The van der Waals surface area contributed by atoms with Crippen LogP contribution in [0.4, 0.5) is 5.69 Å². The zero-order valence-electron chi connectivity index (χ0n) is 10.7. The summed E-state index contributed by atoms with van der Waals surface area (Å²) in [6, 6.07) is 14.4. The van der Waals surface area contributed by atoms with Crippen molar-refractivity contribution in [2.24, 2.45) is 0 Å². The van der Waals surface area contributed by atoms with E-state index >= 15 is 0 Å². The summed E-state index contributed by atoms with van der Waals surface area (Å²) < 4.78 is 1.01. The van der Waals surface area contributed by atoms with Crippen molar-refractivity contribution in [1.29, 1.82) is 0 Å². The zero-order valence-corrected chi connectivity index (χ0v) is 13.1. The molecule has 0 unspecified atom stereocenters. The molecule has 2 aromatic carbocycles. The van der Waals surface area contributed by atoms with Crippen LogP contribution in [-0.2, 0) is 0 Å². The van der Waals surface area contributed by atoms with Gasteiger partial charge in [-0.1, -0.05) is 40.2 Å². The lowest BCUT2D eigenvalue weighted by atomic mass is 10.2. The van der Waals surface area contributed by atoms with Gasteiger partial charge >= 0.3 is 0 Å². The third-order valence-corrected chi connectivity index (χ3v) is 4.37. The van der Waals surface area contributed by atoms with E-state index in [2.05, 4.69) is 20.9 Å². The summed E-state index contributed by atoms with van der Waals surface area (Å²) in [7, 11) is 0. The predicted octanol–water partition coefficient (Wildman–Crippen LogP) is 5.15. The normalized spacial score (nSPS) is 10.5. The molecule has 0 bridgehead atoms. The fourth-order valence-electron chi connectivity index (χ4n) is 1.91. The summed E-state index contributed by atoms with van der Waals surface area (Å²) in [5.41, 5.74) is 2.73. The molecule has 0 atom stereocenters. The Labute approximate surface area is 133 Å². The average Bonchev–Trinajstić information content (AvgIpc) is 2.98. The number of thiazole rings is 1. The van der Waals surface area contributed by atoms with E-state index in [1.807, 2.05) is 35.7 Å². The summed E-state index contributed by atoms with van der Waals surface area (Å²) in [4.78, 5) is 15.0. The van der Waals surface area contributed by atoms with E-state index in [4.69, 9.17) is 0 Å². The molecule has 0 aliphatic carbocycles. The number of nitrogens with zero attached hydrogens (tertiary/aromatic N) is 2. The number of nitro groups is 1. The van der Waals surface area contributed by atoms with Crippen molar-refractivity contribution >= 4 is 33.0 Å².